The molecular weight excluding hydrogens is 254 g/mol. The second-order valence-corrected chi connectivity index (χ2v) is 5.19. The maximum absolute atomic E-state index is 12.5. The van der Waals surface area contributed by atoms with Gasteiger partial charge in [-0.15, -0.1) is 0 Å². The Morgan fingerprint density at radius 3 is 2.90 bits per heavy atom. The van der Waals surface area contributed by atoms with Crippen molar-refractivity contribution >= 4 is 11.8 Å². The molecule has 1 N–H and O–H groups in total. The maximum Gasteiger partial charge on any atom is 0.245 e. The molecule has 0 spiro atoms. The zero-order chi connectivity index (χ0) is 14.5. The van der Waals surface area contributed by atoms with Crippen LogP contribution in [0.4, 0.5) is 0 Å². The quantitative estimate of drug-likeness (QED) is 0.903. The molecule has 1 aliphatic rings. The van der Waals surface area contributed by atoms with Crippen molar-refractivity contribution in [3.05, 3.63) is 29.6 Å². The lowest BCUT2D eigenvalue weighted by atomic mass is 10.1. The third-order valence-electron chi connectivity index (χ3n) is 3.43. The highest BCUT2D eigenvalue weighted by atomic mass is 16.2. The Balaban J connectivity index is 2.12. The first kappa shape index (κ1) is 14.5. The van der Waals surface area contributed by atoms with E-state index >= 15 is 0 Å². The zero-order valence-corrected chi connectivity index (χ0v) is 12.1. The molecule has 5 nitrogen and oxygen atoms in total. The number of carbonyl (C=O) groups is 2. The average molecular weight is 275 g/mol. The van der Waals surface area contributed by atoms with Crippen molar-refractivity contribution in [2.24, 2.45) is 0 Å². The highest BCUT2D eigenvalue weighted by Crippen LogP contribution is 2.12. The molecule has 1 unspecified atom stereocenters. The van der Waals surface area contributed by atoms with Crippen LogP contribution in [0.15, 0.2) is 18.2 Å². The summed E-state index contributed by atoms with van der Waals surface area (Å²) in [6.45, 7) is 4.87. The van der Waals surface area contributed by atoms with Crippen LogP contribution in [0.1, 0.15) is 37.6 Å². The van der Waals surface area contributed by atoms with E-state index in [-0.39, 0.29) is 17.9 Å². The molecule has 0 radical (unpaired) electrons. The van der Waals surface area contributed by atoms with Crippen LogP contribution >= 0.6 is 0 Å². The molecule has 0 bridgehead atoms. The molecule has 108 valence electrons. The summed E-state index contributed by atoms with van der Waals surface area (Å²) >= 11 is 0. The smallest absolute Gasteiger partial charge is 0.245 e. The molecule has 0 aromatic carbocycles. The van der Waals surface area contributed by atoms with Crippen molar-refractivity contribution in [3.63, 3.8) is 0 Å². The Morgan fingerprint density at radius 2 is 2.20 bits per heavy atom. The molecule has 2 rings (SSSR count). The molecule has 1 atom stereocenters. The number of hydrogen-bond donors (Lipinski definition) is 1. The monoisotopic (exact) mass is 275 g/mol. The first-order valence-electron chi connectivity index (χ1n) is 7.11. The van der Waals surface area contributed by atoms with Gasteiger partial charge in [0.25, 0.3) is 0 Å². The zero-order valence-electron chi connectivity index (χ0n) is 12.1. The van der Waals surface area contributed by atoms with E-state index < -0.39 is 0 Å². The number of pyridine rings is 1. The highest BCUT2D eigenvalue weighted by molar-refractivity contribution is 5.89. The van der Waals surface area contributed by atoms with Gasteiger partial charge in [-0.25, -0.2) is 0 Å². The number of aryl methyl sites for hydroxylation is 1. The molecule has 1 saturated heterocycles. The maximum atomic E-state index is 12.5. The van der Waals surface area contributed by atoms with Gasteiger partial charge in [0.15, 0.2) is 0 Å². The van der Waals surface area contributed by atoms with E-state index in [4.69, 9.17) is 0 Å². The Labute approximate surface area is 119 Å². The molecule has 20 heavy (non-hydrogen) atoms. The van der Waals surface area contributed by atoms with Crippen molar-refractivity contribution < 1.29 is 9.59 Å². The summed E-state index contributed by atoms with van der Waals surface area (Å²) in [5.41, 5.74) is 1.80. The van der Waals surface area contributed by atoms with Crippen LogP contribution in [0.5, 0.6) is 0 Å². The first-order chi connectivity index (χ1) is 9.60. The summed E-state index contributed by atoms with van der Waals surface area (Å²) in [4.78, 5) is 30.3. The van der Waals surface area contributed by atoms with E-state index in [1.54, 1.807) is 4.90 Å². The molecular formula is C15H21N3O2. The number of nitrogens with zero attached hydrogens (tertiary/aromatic N) is 2. The van der Waals surface area contributed by atoms with Crippen LogP contribution in [0.3, 0.4) is 0 Å². The minimum atomic E-state index is -0.389. The number of hydrogen-bond acceptors (Lipinski definition) is 3. The van der Waals surface area contributed by atoms with Gasteiger partial charge in [0.1, 0.15) is 6.04 Å². The van der Waals surface area contributed by atoms with Crippen LogP contribution < -0.4 is 5.32 Å². The van der Waals surface area contributed by atoms with E-state index in [2.05, 4.69) is 10.3 Å². The second-order valence-electron chi connectivity index (χ2n) is 5.19. The fraction of sp³-hybridized carbons (Fsp3) is 0.533. The molecule has 0 aliphatic carbocycles. The highest BCUT2D eigenvalue weighted by Gasteiger charge is 2.29. The number of amides is 2. The predicted molar refractivity (Wildman–Crippen MR) is 75.8 cm³/mol. The number of carbonyl (C=O) groups excluding carboxylic acids is 2. The summed E-state index contributed by atoms with van der Waals surface area (Å²) in [5, 5.41) is 2.81. The third-order valence-corrected chi connectivity index (χ3v) is 3.43. The number of rotatable bonds is 4. The predicted octanol–water partition coefficient (Wildman–Crippen LogP) is 1.41. The van der Waals surface area contributed by atoms with E-state index in [1.165, 1.54) is 0 Å². The molecule has 2 heterocycles. The van der Waals surface area contributed by atoms with Crippen molar-refractivity contribution in [3.8, 4) is 0 Å². The lowest BCUT2D eigenvalue weighted by Gasteiger charge is -2.23. The summed E-state index contributed by atoms with van der Waals surface area (Å²) < 4.78 is 0. The van der Waals surface area contributed by atoms with Crippen LogP contribution in [0.2, 0.25) is 0 Å². The summed E-state index contributed by atoms with van der Waals surface area (Å²) in [7, 11) is 0. The van der Waals surface area contributed by atoms with Gasteiger partial charge < -0.3 is 10.2 Å². The van der Waals surface area contributed by atoms with Gasteiger partial charge in [0.2, 0.25) is 11.8 Å². The van der Waals surface area contributed by atoms with Gasteiger partial charge in [0.05, 0.1) is 12.2 Å². The fourth-order valence-corrected chi connectivity index (χ4v) is 2.42. The summed E-state index contributed by atoms with van der Waals surface area (Å²) in [6.07, 6.45) is 1.91. The normalized spacial score (nSPS) is 19.7. The van der Waals surface area contributed by atoms with Crippen LogP contribution in [-0.4, -0.2) is 34.3 Å². The van der Waals surface area contributed by atoms with Crippen LogP contribution in [0.25, 0.3) is 0 Å². The Hall–Kier alpha value is -1.91. The van der Waals surface area contributed by atoms with Gasteiger partial charge in [-0.05, 0) is 25.5 Å². The van der Waals surface area contributed by atoms with Crippen molar-refractivity contribution in [2.75, 3.05) is 6.54 Å². The topological polar surface area (TPSA) is 62.3 Å². The lowest BCUT2D eigenvalue weighted by molar-refractivity contribution is -0.134. The van der Waals surface area contributed by atoms with Gasteiger partial charge >= 0.3 is 0 Å². The standard InChI is InChI=1S/C15H21N3O2/c1-3-5-13-15(20)18(9-8-14(19)17-13)10-12-7-4-6-11(2)16-12/h4,6-7,13H,3,5,8-10H2,1-2H3,(H,17,19). The number of nitrogens with one attached hydrogen (secondary N) is 1. The van der Waals surface area contributed by atoms with Gasteiger partial charge in [0, 0.05) is 18.7 Å². The SMILES string of the molecule is CCCC1NC(=O)CCN(Cc2cccc(C)n2)C1=O. The second kappa shape index (κ2) is 6.50. The minimum absolute atomic E-state index is 0.000932. The van der Waals surface area contributed by atoms with Gasteiger partial charge in [-0.2, -0.15) is 0 Å². The van der Waals surface area contributed by atoms with Crippen molar-refractivity contribution in [2.45, 2.75) is 45.7 Å². The molecule has 5 heteroatoms. The van der Waals surface area contributed by atoms with Crippen molar-refractivity contribution in [1.82, 2.24) is 15.2 Å². The summed E-state index contributed by atoms with van der Waals surface area (Å²) in [5.74, 6) is -0.0440. The fourth-order valence-electron chi connectivity index (χ4n) is 2.42. The van der Waals surface area contributed by atoms with E-state index in [1.807, 2.05) is 32.0 Å². The van der Waals surface area contributed by atoms with Gasteiger partial charge in [-0.1, -0.05) is 19.4 Å². The molecule has 1 aliphatic heterocycles. The Morgan fingerprint density at radius 1 is 1.40 bits per heavy atom. The van der Waals surface area contributed by atoms with Crippen molar-refractivity contribution in [1.29, 1.82) is 0 Å². The Kier molecular flexibility index (Phi) is 4.71. The molecule has 1 aromatic heterocycles. The molecule has 1 aromatic rings. The first-order valence-corrected chi connectivity index (χ1v) is 7.11. The average Bonchev–Trinajstić information content (AvgIpc) is 2.53. The largest absolute Gasteiger partial charge is 0.344 e. The van der Waals surface area contributed by atoms with Crippen LogP contribution in [0, 0.1) is 6.92 Å². The summed E-state index contributed by atoms with van der Waals surface area (Å²) in [6, 6.07) is 5.39. The molecule has 0 saturated carbocycles. The van der Waals surface area contributed by atoms with E-state index in [0.717, 1.165) is 17.8 Å². The molecule has 2 amide bonds. The molecule has 1 fully saturated rings. The number of aromatic nitrogens is 1. The third kappa shape index (κ3) is 3.56. The van der Waals surface area contributed by atoms with Crippen LogP contribution in [-0.2, 0) is 16.1 Å². The van der Waals surface area contributed by atoms with Gasteiger partial charge in [-0.3, -0.25) is 14.6 Å². The Bertz CT molecular complexity index is 502. The van der Waals surface area contributed by atoms with E-state index in [9.17, 15) is 9.59 Å². The van der Waals surface area contributed by atoms with E-state index in [0.29, 0.717) is 25.9 Å². The lowest BCUT2D eigenvalue weighted by Crippen LogP contribution is -2.44. The minimum Gasteiger partial charge on any atom is -0.344 e.